The third-order valence-corrected chi connectivity index (χ3v) is 4.32. The van der Waals surface area contributed by atoms with Crippen molar-refractivity contribution in [3.8, 4) is 0 Å². The van der Waals surface area contributed by atoms with Crippen LogP contribution in [0.5, 0.6) is 0 Å². The third kappa shape index (κ3) is 3.53. The van der Waals surface area contributed by atoms with Crippen LogP contribution in [0.25, 0.3) is 0 Å². The molecular weight excluding hydrogens is 342 g/mol. The second-order valence-corrected chi connectivity index (χ2v) is 6.21. The van der Waals surface area contributed by atoms with Gasteiger partial charge in [-0.3, -0.25) is 19.4 Å². The van der Waals surface area contributed by atoms with Crippen LogP contribution < -0.4 is 4.90 Å². The van der Waals surface area contributed by atoms with Gasteiger partial charge in [-0.1, -0.05) is 17.7 Å². The molecule has 0 spiro atoms. The quantitative estimate of drug-likeness (QED) is 0.788. The first kappa shape index (κ1) is 17.1. The van der Waals surface area contributed by atoms with E-state index in [1.165, 1.54) is 11.8 Å². The van der Waals surface area contributed by atoms with Gasteiger partial charge < -0.3 is 4.90 Å². The molecule has 2 aromatic rings. The molecule has 1 unspecified atom stereocenters. The second-order valence-electron chi connectivity index (χ2n) is 5.77. The highest BCUT2D eigenvalue weighted by molar-refractivity contribution is 6.30. The van der Waals surface area contributed by atoms with Crippen LogP contribution in [0, 0.1) is 0 Å². The molecule has 3 rings (SSSR count). The number of aromatic nitrogens is 1. The number of hydrogen-bond donors (Lipinski definition) is 0. The van der Waals surface area contributed by atoms with Gasteiger partial charge in [0.1, 0.15) is 6.04 Å². The van der Waals surface area contributed by atoms with Crippen molar-refractivity contribution in [2.75, 3.05) is 4.90 Å². The number of halogens is 1. The molecule has 1 aliphatic rings. The normalized spacial score (nSPS) is 17.0. The minimum absolute atomic E-state index is 0.0404. The molecule has 1 aromatic heterocycles. The molecule has 0 N–H and O–H groups in total. The fraction of sp³-hybridized carbons (Fsp3) is 0.222. The Kier molecular flexibility index (Phi) is 4.81. The highest BCUT2D eigenvalue weighted by Gasteiger charge is 2.43. The fourth-order valence-electron chi connectivity index (χ4n) is 2.85. The molecule has 1 fully saturated rings. The van der Waals surface area contributed by atoms with E-state index in [9.17, 15) is 14.4 Å². The maximum absolute atomic E-state index is 12.8. The number of amides is 3. The van der Waals surface area contributed by atoms with Gasteiger partial charge in [-0.15, -0.1) is 0 Å². The molecule has 25 heavy (non-hydrogen) atoms. The van der Waals surface area contributed by atoms with Crippen LogP contribution in [0.4, 0.5) is 5.69 Å². The van der Waals surface area contributed by atoms with Gasteiger partial charge in [0.2, 0.25) is 11.8 Å². The summed E-state index contributed by atoms with van der Waals surface area (Å²) in [6.07, 6.45) is 3.23. The lowest BCUT2D eigenvalue weighted by Crippen LogP contribution is -2.44. The van der Waals surface area contributed by atoms with Crippen molar-refractivity contribution in [3.63, 3.8) is 0 Å². The monoisotopic (exact) mass is 357 g/mol. The van der Waals surface area contributed by atoms with Crippen molar-refractivity contribution in [1.82, 2.24) is 9.88 Å². The van der Waals surface area contributed by atoms with Crippen LogP contribution in [0.3, 0.4) is 0 Å². The molecule has 128 valence electrons. The topological polar surface area (TPSA) is 70.6 Å². The maximum atomic E-state index is 12.8. The van der Waals surface area contributed by atoms with Crippen molar-refractivity contribution in [2.45, 2.75) is 25.9 Å². The highest BCUT2D eigenvalue weighted by Crippen LogP contribution is 2.27. The Bertz CT molecular complexity index is 808. The van der Waals surface area contributed by atoms with Crippen molar-refractivity contribution in [2.24, 2.45) is 0 Å². The molecule has 0 radical (unpaired) electrons. The maximum Gasteiger partial charge on any atom is 0.257 e. The minimum Gasteiger partial charge on any atom is -0.326 e. The van der Waals surface area contributed by atoms with Gasteiger partial charge >= 0.3 is 0 Å². The highest BCUT2D eigenvalue weighted by atomic mass is 35.5. The zero-order valence-electron chi connectivity index (χ0n) is 13.6. The van der Waals surface area contributed by atoms with E-state index in [4.69, 9.17) is 11.6 Å². The summed E-state index contributed by atoms with van der Waals surface area (Å²) in [5.41, 5.74) is 1.25. The van der Waals surface area contributed by atoms with Crippen LogP contribution in [0.15, 0.2) is 48.8 Å². The van der Waals surface area contributed by atoms with Crippen LogP contribution in [0.1, 0.15) is 18.9 Å². The number of anilines is 1. The first-order valence-electron chi connectivity index (χ1n) is 7.76. The summed E-state index contributed by atoms with van der Waals surface area (Å²) in [6.45, 7) is 1.61. The van der Waals surface area contributed by atoms with E-state index in [0.29, 0.717) is 10.7 Å². The molecule has 7 heteroatoms. The minimum atomic E-state index is -0.819. The molecule has 1 atom stereocenters. The lowest BCUT2D eigenvalue weighted by Gasteiger charge is -2.26. The molecule has 3 amide bonds. The average molecular weight is 358 g/mol. The average Bonchev–Trinajstić information content (AvgIpc) is 2.89. The first-order chi connectivity index (χ1) is 12.0. The predicted molar refractivity (Wildman–Crippen MR) is 92.8 cm³/mol. The van der Waals surface area contributed by atoms with Gasteiger partial charge in [0.25, 0.3) is 5.91 Å². The second kappa shape index (κ2) is 7.03. The number of rotatable bonds is 4. The van der Waals surface area contributed by atoms with Crippen molar-refractivity contribution in [3.05, 3.63) is 59.4 Å². The van der Waals surface area contributed by atoms with Gasteiger partial charge in [0, 0.05) is 30.9 Å². The number of imide groups is 1. The summed E-state index contributed by atoms with van der Waals surface area (Å²) in [7, 11) is 0. The molecule has 6 nitrogen and oxygen atoms in total. The van der Waals surface area contributed by atoms with E-state index in [2.05, 4.69) is 4.98 Å². The fourth-order valence-corrected chi connectivity index (χ4v) is 2.98. The number of nitrogens with zero attached hydrogens (tertiary/aromatic N) is 3. The Labute approximate surface area is 150 Å². The summed E-state index contributed by atoms with van der Waals surface area (Å²) in [5, 5.41) is 0.515. The summed E-state index contributed by atoms with van der Waals surface area (Å²) in [4.78, 5) is 43.8. The summed E-state index contributed by atoms with van der Waals surface area (Å²) in [6, 6.07) is 9.21. The van der Waals surface area contributed by atoms with Crippen molar-refractivity contribution >= 4 is 35.0 Å². The van der Waals surface area contributed by atoms with Gasteiger partial charge in [-0.25, -0.2) is 4.90 Å². The summed E-state index contributed by atoms with van der Waals surface area (Å²) in [5.74, 6) is -1.02. The Morgan fingerprint density at radius 3 is 2.60 bits per heavy atom. The third-order valence-electron chi connectivity index (χ3n) is 4.06. The molecule has 1 aromatic carbocycles. The molecule has 1 saturated heterocycles. The van der Waals surface area contributed by atoms with E-state index < -0.39 is 11.9 Å². The standard InChI is InChI=1S/C18H16ClN3O3/c1-12(23)21(11-13-3-2-8-20-10-13)16-9-17(24)22(18(16)25)15-6-4-14(19)5-7-15/h2-8,10,16H,9,11H2,1H3. The molecule has 0 saturated carbocycles. The Hall–Kier alpha value is -2.73. The van der Waals surface area contributed by atoms with Crippen LogP contribution in [-0.2, 0) is 20.9 Å². The van der Waals surface area contributed by atoms with E-state index in [-0.39, 0.29) is 24.8 Å². The van der Waals surface area contributed by atoms with Gasteiger partial charge in [0.15, 0.2) is 0 Å². The van der Waals surface area contributed by atoms with Crippen LogP contribution >= 0.6 is 11.6 Å². The van der Waals surface area contributed by atoms with Gasteiger partial charge in [0.05, 0.1) is 12.1 Å². The molecule has 1 aliphatic heterocycles. The number of hydrogen-bond acceptors (Lipinski definition) is 4. The molecule has 0 aliphatic carbocycles. The Balaban J connectivity index is 1.86. The van der Waals surface area contributed by atoms with E-state index >= 15 is 0 Å². The number of carbonyl (C=O) groups is 3. The molecule has 0 bridgehead atoms. The van der Waals surface area contributed by atoms with E-state index in [0.717, 1.165) is 10.5 Å². The summed E-state index contributed by atoms with van der Waals surface area (Å²) < 4.78 is 0. The number of carbonyl (C=O) groups excluding carboxylic acids is 3. The van der Waals surface area contributed by atoms with Gasteiger partial charge in [-0.2, -0.15) is 0 Å². The molecule has 2 heterocycles. The van der Waals surface area contributed by atoms with E-state index in [1.54, 1.807) is 42.7 Å². The predicted octanol–water partition coefficient (Wildman–Crippen LogP) is 2.42. The zero-order valence-corrected chi connectivity index (χ0v) is 14.3. The zero-order chi connectivity index (χ0) is 18.0. The summed E-state index contributed by atoms with van der Waals surface area (Å²) >= 11 is 5.85. The smallest absolute Gasteiger partial charge is 0.257 e. The number of pyridine rings is 1. The SMILES string of the molecule is CC(=O)N(Cc1cccnc1)C1CC(=O)N(c2ccc(Cl)cc2)C1=O. The van der Waals surface area contributed by atoms with Crippen LogP contribution in [0.2, 0.25) is 5.02 Å². The number of benzene rings is 1. The molecular formula is C18H16ClN3O3. The lowest BCUT2D eigenvalue weighted by atomic mass is 10.1. The van der Waals surface area contributed by atoms with E-state index in [1.807, 2.05) is 6.07 Å². The van der Waals surface area contributed by atoms with Crippen LogP contribution in [-0.4, -0.2) is 33.6 Å². The van der Waals surface area contributed by atoms with Crippen molar-refractivity contribution < 1.29 is 14.4 Å². The van der Waals surface area contributed by atoms with Gasteiger partial charge in [-0.05, 0) is 35.9 Å². The Morgan fingerprint density at radius 2 is 2.00 bits per heavy atom. The largest absolute Gasteiger partial charge is 0.326 e. The Morgan fingerprint density at radius 1 is 1.28 bits per heavy atom. The van der Waals surface area contributed by atoms with Crippen molar-refractivity contribution in [1.29, 1.82) is 0 Å². The lowest BCUT2D eigenvalue weighted by molar-refractivity contribution is -0.137. The first-order valence-corrected chi connectivity index (χ1v) is 8.13.